The number of aryl methyl sites for hydroxylation is 2. The maximum Gasteiger partial charge on any atom is 0.353 e. The smallest absolute Gasteiger partial charge is 0.334 e. The first-order chi connectivity index (χ1) is 12.4. The molecule has 0 amide bonds. The molecule has 0 unspecified atom stereocenters. The van der Waals surface area contributed by atoms with Gasteiger partial charge in [0.15, 0.2) is 0 Å². The van der Waals surface area contributed by atoms with Gasteiger partial charge in [-0.1, -0.05) is 17.7 Å². The second-order valence-electron chi connectivity index (χ2n) is 5.66. The van der Waals surface area contributed by atoms with Crippen molar-refractivity contribution in [3.63, 3.8) is 0 Å². The summed E-state index contributed by atoms with van der Waals surface area (Å²) in [6, 6.07) is 9.00. The zero-order chi connectivity index (χ0) is 18.7. The van der Waals surface area contributed by atoms with Crippen molar-refractivity contribution in [1.29, 1.82) is 0 Å². The van der Waals surface area contributed by atoms with Crippen molar-refractivity contribution in [2.75, 3.05) is 10.6 Å². The molecule has 0 bridgehead atoms. The van der Waals surface area contributed by atoms with Gasteiger partial charge in [0, 0.05) is 11.9 Å². The molecule has 2 N–H and O–H groups in total. The average Bonchev–Trinajstić information content (AvgIpc) is 2.56. The van der Waals surface area contributed by atoms with Crippen LogP contribution in [-0.4, -0.2) is 19.9 Å². The first kappa shape index (κ1) is 17.6. The summed E-state index contributed by atoms with van der Waals surface area (Å²) in [5.74, 6) is 0.506. The van der Waals surface area contributed by atoms with Crippen molar-refractivity contribution in [1.82, 2.24) is 15.0 Å². The van der Waals surface area contributed by atoms with Crippen LogP contribution in [0, 0.1) is 24.0 Å². The zero-order valence-corrected chi connectivity index (χ0v) is 14.8. The van der Waals surface area contributed by atoms with E-state index in [9.17, 15) is 10.1 Å². The van der Waals surface area contributed by atoms with E-state index < -0.39 is 4.92 Å². The van der Waals surface area contributed by atoms with Crippen LogP contribution in [0.25, 0.3) is 0 Å². The predicted molar refractivity (Wildman–Crippen MR) is 100 cm³/mol. The van der Waals surface area contributed by atoms with Gasteiger partial charge in [-0.2, -0.15) is 0 Å². The highest BCUT2D eigenvalue weighted by Crippen LogP contribution is 2.33. The Morgan fingerprint density at radius 1 is 1.00 bits per heavy atom. The standard InChI is InChI=1S/C17H15ClN6O2/c1-10-5-11(2)7-13(6-10)22-16-15(24(25)26)17(21-9-20-16)23-14-4-3-12(18)8-19-14/h3-9H,1-2H3,(H2,19,20,21,22,23). The predicted octanol–water partition coefficient (Wildman–Crippen LogP) is 4.54. The highest BCUT2D eigenvalue weighted by Gasteiger charge is 2.23. The van der Waals surface area contributed by atoms with Crippen molar-refractivity contribution in [2.45, 2.75) is 13.8 Å². The van der Waals surface area contributed by atoms with Crippen LogP contribution in [0.3, 0.4) is 0 Å². The Kier molecular flexibility index (Phi) is 4.94. The zero-order valence-electron chi connectivity index (χ0n) is 14.0. The van der Waals surface area contributed by atoms with Gasteiger partial charge in [0.25, 0.3) is 0 Å². The number of nitrogens with zero attached hydrogens (tertiary/aromatic N) is 4. The lowest BCUT2D eigenvalue weighted by atomic mass is 10.1. The minimum atomic E-state index is -0.538. The van der Waals surface area contributed by atoms with E-state index in [1.165, 1.54) is 12.5 Å². The third kappa shape index (κ3) is 4.04. The summed E-state index contributed by atoms with van der Waals surface area (Å²) in [6.07, 6.45) is 2.68. The molecule has 0 aliphatic rings. The average molecular weight is 371 g/mol. The van der Waals surface area contributed by atoms with Crippen LogP contribution in [-0.2, 0) is 0 Å². The molecule has 0 saturated carbocycles. The molecule has 3 rings (SSSR count). The van der Waals surface area contributed by atoms with Crippen LogP contribution in [0.1, 0.15) is 11.1 Å². The Balaban J connectivity index is 1.98. The Morgan fingerprint density at radius 2 is 1.65 bits per heavy atom. The molecule has 26 heavy (non-hydrogen) atoms. The Bertz CT molecular complexity index is 942. The van der Waals surface area contributed by atoms with Crippen LogP contribution in [0.5, 0.6) is 0 Å². The quantitative estimate of drug-likeness (QED) is 0.501. The third-order valence-electron chi connectivity index (χ3n) is 3.46. The summed E-state index contributed by atoms with van der Waals surface area (Å²) < 4.78 is 0. The van der Waals surface area contributed by atoms with Crippen molar-refractivity contribution >= 4 is 40.4 Å². The van der Waals surface area contributed by atoms with Gasteiger partial charge in [-0.15, -0.1) is 0 Å². The fraction of sp³-hybridized carbons (Fsp3) is 0.118. The van der Waals surface area contributed by atoms with E-state index in [4.69, 9.17) is 11.6 Å². The molecular weight excluding hydrogens is 356 g/mol. The van der Waals surface area contributed by atoms with E-state index in [1.807, 2.05) is 32.0 Å². The monoisotopic (exact) mass is 370 g/mol. The van der Waals surface area contributed by atoms with Crippen LogP contribution in [0.4, 0.5) is 28.8 Å². The number of pyridine rings is 1. The second kappa shape index (κ2) is 7.32. The molecule has 0 saturated heterocycles. The number of aromatic nitrogens is 3. The van der Waals surface area contributed by atoms with Crippen molar-refractivity contribution in [3.05, 3.63) is 69.1 Å². The molecule has 0 radical (unpaired) electrons. The lowest BCUT2D eigenvalue weighted by Crippen LogP contribution is -2.06. The normalized spacial score (nSPS) is 10.4. The first-order valence-electron chi connectivity index (χ1n) is 7.65. The van der Waals surface area contributed by atoms with Crippen LogP contribution >= 0.6 is 11.6 Å². The number of anilines is 4. The fourth-order valence-corrected chi connectivity index (χ4v) is 2.60. The van der Waals surface area contributed by atoms with Gasteiger partial charge in [-0.3, -0.25) is 10.1 Å². The van der Waals surface area contributed by atoms with Gasteiger partial charge in [-0.05, 0) is 49.2 Å². The molecular formula is C17H15ClN6O2. The summed E-state index contributed by atoms with van der Waals surface area (Å²) in [7, 11) is 0. The Morgan fingerprint density at radius 3 is 2.23 bits per heavy atom. The molecule has 9 heteroatoms. The number of benzene rings is 1. The molecule has 2 aromatic heterocycles. The number of hydrogen-bond acceptors (Lipinski definition) is 7. The molecule has 8 nitrogen and oxygen atoms in total. The summed E-state index contributed by atoms with van der Waals surface area (Å²) in [5, 5.41) is 17.9. The summed E-state index contributed by atoms with van der Waals surface area (Å²) in [6.45, 7) is 3.90. The summed E-state index contributed by atoms with van der Waals surface area (Å²) in [4.78, 5) is 23.1. The summed E-state index contributed by atoms with van der Waals surface area (Å²) >= 11 is 5.80. The minimum Gasteiger partial charge on any atom is -0.334 e. The van der Waals surface area contributed by atoms with Gasteiger partial charge in [-0.25, -0.2) is 15.0 Å². The van der Waals surface area contributed by atoms with Crippen molar-refractivity contribution in [3.8, 4) is 0 Å². The topological polar surface area (TPSA) is 106 Å². The van der Waals surface area contributed by atoms with Gasteiger partial charge >= 0.3 is 5.69 Å². The third-order valence-corrected chi connectivity index (χ3v) is 3.69. The SMILES string of the molecule is Cc1cc(C)cc(Nc2ncnc(Nc3ccc(Cl)cn3)c2[N+](=O)[O-])c1. The highest BCUT2D eigenvalue weighted by atomic mass is 35.5. The number of rotatable bonds is 5. The molecule has 0 fully saturated rings. The second-order valence-corrected chi connectivity index (χ2v) is 6.10. The van der Waals surface area contributed by atoms with Crippen LogP contribution in [0.15, 0.2) is 42.9 Å². The van der Waals surface area contributed by atoms with Crippen molar-refractivity contribution < 1.29 is 4.92 Å². The number of halogens is 1. The molecule has 1 aromatic carbocycles. The van der Waals surface area contributed by atoms with E-state index in [1.54, 1.807) is 12.1 Å². The lowest BCUT2D eigenvalue weighted by molar-refractivity contribution is -0.383. The molecule has 2 heterocycles. The minimum absolute atomic E-state index is 0.0340. The number of hydrogen-bond donors (Lipinski definition) is 2. The number of nitrogens with one attached hydrogen (secondary N) is 2. The van der Waals surface area contributed by atoms with Crippen LogP contribution in [0.2, 0.25) is 5.02 Å². The van der Waals surface area contributed by atoms with E-state index in [0.29, 0.717) is 16.5 Å². The molecule has 0 aliphatic heterocycles. The Hall–Kier alpha value is -3.26. The van der Waals surface area contributed by atoms with Crippen molar-refractivity contribution in [2.24, 2.45) is 0 Å². The van der Waals surface area contributed by atoms with Gasteiger partial charge in [0.2, 0.25) is 11.6 Å². The molecule has 0 spiro atoms. The molecule has 0 atom stereocenters. The lowest BCUT2D eigenvalue weighted by Gasteiger charge is -2.11. The van der Waals surface area contributed by atoms with Gasteiger partial charge in [0.1, 0.15) is 12.1 Å². The van der Waals surface area contributed by atoms with E-state index in [-0.39, 0.29) is 17.3 Å². The largest absolute Gasteiger partial charge is 0.353 e. The number of nitro groups is 1. The summed E-state index contributed by atoms with van der Waals surface area (Å²) in [5.41, 5.74) is 2.50. The molecule has 132 valence electrons. The highest BCUT2D eigenvalue weighted by molar-refractivity contribution is 6.30. The van der Waals surface area contributed by atoms with Gasteiger partial charge < -0.3 is 10.6 Å². The maximum absolute atomic E-state index is 11.6. The van der Waals surface area contributed by atoms with E-state index in [0.717, 1.165) is 11.1 Å². The van der Waals surface area contributed by atoms with Crippen LogP contribution < -0.4 is 10.6 Å². The first-order valence-corrected chi connectivity index (χ1v) is 8.03. The van der Waals surface area contributed by atoms with E-state index >= 15 is 0 Å². The Labute approximate surface area is 154 Å². The van der Waals surface area contributed by atoms with Gasteiger partial charge in [0.05, 0.1) is 9.95 Å². The maximum atomic E-state index is 11.6. The molecule has 3 aromatic rings. The van der Waals surface area contributed by atoms with E-state index in [2.05, 4.69) is 25.6 Å². The fourth-order valence-electron chi connectivity index (χ4n) is 2.49. The molecule has 0 aliphatic carbocycles.